The fourth-order valence-electron chi connectivity index (χ4n) is 2.53. The van der Waals surface area contributed by atoms with E-state index in [1.165, 1.54) is 11.1 Å². The molecule has 2 rings (SSSR count). The van der Waals surface area contributed by atoms with Crippen molar-refractivity contribution < 1.29 is 4.79 Å². The van der Waals surface area contributed by atoms with Crippen LogP contribution >= 0.6 is 0 Å². The number of nitrogens with zero attached hydrogens (tertiary/aromatic N) is 1. The highest BCUT2D eigenvalue weighted by atomic mass is 16.2. The maximum atomic E-state index is 12.2. The van der Waals surface area contributed by atoms with Gasteiger partial charge in [0.1, 0.15) is 6.17 Å². The maximum absolute atomic E-state index is 12.2. The molecule has 1 N–H and O–H groups in total. The fraction of sp³-hybridized carbons (Fsp3) is 0.562. The Bertz CT molecular complexity index is 456. The van der Waals surface area contributed by atoms with Crippen LogP contribution < -0.4 is 5.32 Å². The minimum Gasteiger partial charge on any atom is -0.322 e. The van der Waals surface area contributed by atoms with E-state index in [0.717, 1.165) is 13.0 Å². The molecule has 0 spiro atoms. The van der Waals surface area contributed by atoms with Gasteiger partial charge in [-0.2, -0.15) is 0 Å². The maximum Gasteiger partial charge on any atom is 0.241 e. The summed E-state index contributed by atoms with van der Waals surface area (Å²) in [5.41, 5.74) is 2.41. The lowest BCUT2D eigenvalue weighted by Gasteiger charge is -2.25. The fourth-order valence-corrected chi connectivity index (χ4v) is 2.53. The number of hydrogen-bond donors (Lipinski definition) is 1. The number of carbonyl (C=O) groups is 1. The molecule has 1 aliphatic heterocycles. The predicted octanol–water partition coefficient (Wildman–Crippen LogP) is 2.86. The van der Waals surface area contributed by atoms with Gasteiger partial charge in [0, 0.05) is 6.54 Å². The normalized spacial score (nSPS) is 23.4. The smallest absolute Gasteiger partial charge is 0.241 e. The highest BCUT2D eigenvalue weighted by Gasteiger charge is 2.36. The van der Waals surface area contributed by atoms with Crippen molar-refractivity contribution in [1.82, 2.24) is 10.2 Å². The van der Waals surface area contributed by atoms with Crippen molar-refractivity contribution in [1.29, 1.82) is 0 Å². The summed E-state index contributed by atoms with van der Waals surface area (Å²) < 4.78 is 0. The first-order chi connectivity index (χ1) is 8.99. The van der Waals surface area contributed by atoms with E-state index >= 15 is 0 Å². The third-order valence-electron chi connectivity index (χ3n) is 3.68. The van der Waals surface area contributed by atoms with Crippen molar-refractivity contribution in [3.63, 3.8) is 0 Å². The zero-order valence-corrected chi connectivity index (χ0v) is 12.3. The molecule has 1 aliphatic rings. The Morgan fingerprint density at radius 3 is 2.74 bits per heavy atom. The van der Waals surface area contributed by atoms with Crippen LogP contribution in [0, 0.1) is 12.8 Å². The minimum absolute atomic E-state index is 0.0288. The number of nitrogens with one attached hydrogen (secondary N) is 1. The Kier molecular flexibility index (Phi) is 4.25. The second-order valence-electron chi connectivity index (χ2n) is 5.92. The van der Waals surface area contributed by atoms with E-state index in [9.17, 15) is 4.79 Å². The molecule has 19 heavy (non-hydrogen) atoms. The quantitative estimate of drug-likeness (QED) is 0.903. The molecule has 3 nitrogen and oxygen atoms in total. The van der Waals surface area contributed by atoms with Crippen LogP contribution in [0.4, 0.5) is 0 Å². The van der Waals surface area contributed by atoms with Gasteiger partial charge < -0.3 is 4.90 Å². The van der Waals surface area contributed by atoms with E-state index < -0.39 is 0 Å². The summed E-state index contributed by atoms with van der Waals surface area (Å²) in [6, 6.07) is 8.31. The third kappa shape index (κ3) is 3.16. The van der Waals surface area contributed by atoms with Crippen LogP contribution in [0.3, 0.4) is 0 Å². The average molecular weight is 260 g/mol. The van der Waals surface area contributed by atoms with E-state index in [2.05, 4.69) is 50.4 Å². The van der Waals surface area contributed by atoms with Gasteiger partial charge in [0.15, 0.2) is 0 Å². The zero-order chi connectivity index (χ0) is 14.0. The van der Waals surface area contributed by atoms with Gasteiger partial charge in [-0.05, 0) is 31.7 Å². The standard InChI is InChI=1S/C16H24N2O/c1-11(2)8-9-18-15(17-13(4)16(18)19)14-7-5-6-12(3)10-14/h5-7,10-11,13,15,17H,8-9H2,1-4H3. The Morgan fingerprint density at radius 1 is 1.37 bits per heavy atom. The summed E-state index contributed by atoms with van der Waals surface area (Å²) in [7, 11) is 0. The first-order valence-electron chi connectivity index (χ1n) is 7.12. The average Bonchev–Trinajstić information content (AvgIpc) is 2.63. The largest absolute Gasteiger partial charge is 0.322 e. The second kappa shape index (κ2) is 5.74. The lowest BCUT2D eigenvalue weighted by Crippen LogP contribution is -2.32. The molecule has 2 atom stereocenters. The highest BCUT2D eigenvalue weighted by molar-refractivity contribution is 5.84. The first kappa shape index (κ1) is 14.1. The zero-order valence-electron chi connectivity index (χ0n) is 12.3. The first-order valence-corrected chi connectivity index (χ1v) is 7.12. The van der Waals surface area contributed by atoms with Gasteiger partial charge in [-0.3, -0.25) is 10.1 Å². The van der Waals surface area contributed by atoms with Crippen molar-refractivity contribution in [2.45, 2.75) is 46.3 Å². The minimum atomic E-state index is -0.0855. The van der Waals surface area contributed by atoms with Crippen LogP contribution in [0.15, 0.2) is 24.3 Å². The van der Waals surface area contributed by atoms with E-state index in [-0.39, 0.29) is 18.1 Å². The Balaban J connectivity index is 2.19. The van der Waals surface area contributed by atoms with Crippen LogP contribution in [0.1, 0.15) is 44.5 Å². The molecule has 1 aromatic carbocycles. The second-order valence-corrected chi connectivity index (χ2v) is 5.92. The van der Waals surface area contributed by atoms with E-state index in [0.29, 0.717) is 5.92 Å². The van der Waals surface area contributed by atoms with Crippen molar-refractivity contribution in [2.24, 2.45) is 5.92 Å². The van der Waals surface area contributed by atoms with Crippen LogP contribution in [0.25, 0.3) is 0 Å². The molecule has 3 heteroatoms. The van der Waals surface area contributed by atoms with Crippen molar-refractivity contribution in [3.8, 4) is 0 Å². The van der Waals surface area contributed by atoms with Gasteiger partial charge in [0.05, 0.1) is 6.04 Å². The summed E-state index contributed by atoms with van der Waals surface area (Å²) in [6.07, 6.45) is 1.07. The van der Waals surface area contributed by atoms with Gasteiger partial charge in [-0.25, -0.2) is 0 Å². The third-order valence-corrected chi connectivity index (χ3v) is 3.68. The van der Waals surface area contributed by atoms with E-state index in [4.69, 9.17) is 0 Å². The number of benzene rings is 1. The predicted molar refractivity (Wildman–Crippen MR) is 77.7 cm³/mol. The van der Waals surface area contributed by atoms with Gasteiger partial charge in [0.2, 0.25) is 5.91 Å². The lowest BCUT2D eigenvalue weighted by molar-refractivity contribution is -0.130. The summed E-state index contributed by atoms with van der Waals surface area (Å²) in [5, 5.41) is 3.40. The van der Waals surface area contributed by atoms with Crippen LogP contribution in [-0.2, 0) is 4.79 Å². The molecule has 1 aromatic rings. The number of carbonyl (C=O) groups excluding carboxylic acids is 1. The molecule has 0 saturated carbocycles. The van der Waals surface area contributed by atoms with Gasteiger partial charge in [-0.15, -0.1) is 0 Å². The molecule has 104 valence electrons. The van der Waals surface area contributed by atoms with Crippen molar-refractivity contribution >= 4 is 5.91 Å². The van der Waals surface area contributed by atoms with Crippen molar-refractivity contribution in [2.75, 3.05) is 6.54 Å². The molecule has 1 heterocycles. The Hall–Kier alpha value is -1.35. The summed E-state index contributed by atoms with van der Waals surface area (Å²) in [4.78, 5) is 14.2. The molecule has 1 saturated heterocycles. The number of hydrogen-bond acceptors (Lipinski definition) is 2. The number of amides is 1. The van der Waals surface area contributed by atoms with Crippen LogP contribution in [-0.4, -0.2) is 23.4 Å². The van der Waals surface area contributed by atoms with Crippen LogP contribution in [0.2, 0.25) is 0 Å². The van der Waals surface area contributed by atoms with E-state index in [1.807, 2.05) is 11.8 Å². The van der Waals surface area contributed by atoms with Crippen molar-refractivity contribution in [3.05, 3.63) is 35.4 Å². The summed E-state index contributed by atoms with van der Waals surface area (Å²) in [6.45, 7) is 9.24. The summed E-state index contributed by atoms with van der Waals surface area (Å²) >= 11 is 0. The Labute approximate surface area is 116 Å². The number of aryl methyl sites for hydroxylation is 1. The molecule has 1 amide bonds. The van der Waals surface area contributed by atoms with Gasteiger partial charge in [0.25, 0.3) is 0 Å². The molecule has 0 aromatic heterocycles. The molecule has 0 bridgehead atoms. The molecule has 0 radical (unpaired) electrons. The molecular weight excluding hydrogens is 236 g/mol. The monoisotopic (exact) mass is 260 g/mol. The van der Waals surface area contributed by atoms with Gasteiger partial charge in [-0.1, -0.05) is 43.7 Å². The molecule has 1 fully saturated rings. The SMILES string of the molecule is Cc1cccc(C2NC(C)C(=O)N2CCC(C)C)c1. The molecule has 2 unspecified atom stereocenters. The van der Waals surface area contributed by atoms with Crippen LogP contribution in [0.5, 0.6) is 0 Å². The molecular formula is C16H24N2O. The van der Waals surface area contributed by atoms with Gasteiger partial charge >= 0.3 is 0 Å². The topological polar surface area (TPSA) is 32.3 Å². The lowest BCUT2D eigenvalue weighted by atomic mass is 10.1. The summed E-state index contributed by atoms with van der Waals surface area (Å²) in [5.74, 6) is 0.828. The molecule has 0 aliphatic carbocycles. The Morgan fingerprint density at radius 2 is 2.11 bits per heavy atom. The van der Waals surface area contributed by atoms with E-state index in [1.54, 1.807) is 0 Å². The number of rotatable bonds is 4. The highest BCUT2D eigenvalue weighted by Crippen LogP contribution is 2.26.